The van der Waals surface area contributed by atoms with Crippen molar-refractivity contribution in [3.8, 4) is 11.5 Å². The highest BCUT2D eigenvalue weighted by molar-refractivity contribution is 6.16. The van der Waals surface area contributed by atoms with Crippen LogP contribution in [0.5, 0.6) is 11.5 Å². The second kappa shape index (κ2) is 4.75. The summed E-state index contributed by atoms with van der Waals surface area (Å²) < 4.78 is 5.37. The van der Waals surface area contributed by atoms with Crippen LogP contribution in [0.1, 0.15) is 15.9 Å². The van der Waals surface area contributed by atoms with Crippen LogP contribution >= 0.6 is 0 Å². The fourth-order valence-corrected chi connectivity index (χ4v) is 2.13. The van der Waals surface area contributed by atoms with E-state index in [1.54, 1.807) is 18.2 Å². The molecule has 2 aromatic carbocycles. The van der Waals surface area contributed by atoms with E-state index in [0.717, 1.165) is 0 Å². The molecule has 0 saturated carbocycles. The summed E-state index contributed by atoms with van der Waals surface area (Å²) in [7, 11) is 0. The first-order valence-corrected chi connectivity index (χ1v) is 6.07. The largest absolute Gasteiger partial charge is 0.507 e. The monoisotopic (exact) mass is 283 g/mol. The number of carbonyl (C=O) groups is 1. The first-order valence-electron chi connectivity index (χ1n) is 6.07. The molecule has 1 aliphatic rings. The lowest BCUT2D eigenvalue weighted by molar-refractivity contribution is -0.385. The van der Waals surface area contributed by atoms with Gasteiger partial charge in [0, 0.05) is 6.07 Å². The lowest BCUT2D eigenvalue weighted by Gasteiger charge is -1.99. The quantitative estimate of drug-likeness (QED) is 0.520. The second-order valence-electron chi connectivity index (χ2n) is 4.41. The molecule has 6 nitrogen and oxygen atoms in total. The lowest BCUT2D eigenvalue weighted by Crippen LogP contribution is -1.99. The summed E-state index contributed by atoms with van der Waals surface area (Å²) in [6, 6.07) is 10.5. The first-order chi connectivity index (χ1) is 10.1. The van der Waals surface area contributed by atoms with Gasteiger partial charge in [-0.25, -0.2) is 0 Å². The Morgan fingerprint density at radius 1 is 1.14 bits per heavy atom. The van der Waals surface area contributed by atoms with Crippen molar-refractivity contribution in [1.82, 2.24) is 0 Å². The molecule has 0 aliphatic carbocycles. The smallest absolute Gasteiger partial charge is 0.276 e. The Morgan fingerprint density at radius 2 is 1.90 bits per heavy atom. The van der Waals surface area contributed by atoms with Crippen molar-refractivity contribution in [2.24, 2.45) is 0 Å². The van der Waals surface area contributed by atoms with Crippen molar-refractivity contribution in [2.75, 3.05) is 0 Å². The summed E-state index contributed by atoms with van der Waals surface area (Å²) in [5, 5.41) is 20.7. The number of phenols is 1. The van der Waals surface area contributed by atoms with E-state index in [1.165, 1.54) is 30.3 Å². The molecule has 0 amide bonds. The molecule has 2 aromatic rings. The molecule has 6 heteroatoms. The van der Waals surface area contributed by atoms with Gasteiger partial charge in [0.15, 0.2) is 5.76 Å². The summed E-state index contributed by atoms with van der Waals surface area (Å²) >= 11 is 0. The van der Waals surface area contributed by atoms with Crippen LogP contribution in [0.4, 0.5) is 5.69 Å². The minimum absolute atomic E-state index is 0.0548. The molecule has 0 unspecified atom stereocenters. The van der Waals surface area contributed by atoms with Gasteiger partial charge in [-0.2, -0.15) is 0 Å². The van der Waals surface area contributed by atoms with Gasteiger partial charge >= 0.3 is 0 Å². The number of Topliss-reactive ketones (excluding diaryl/α,β-unsaturated/α-hetero) is 1. The Labute approximate surface area is 119 Å². The average Bonchev–Trinajstić information content (AvgIpc) is 2.77. The Hall–Kier alpha value is -3.15. The van der Waals surface area contributed by atoms with Crippen LogP contribution in [-0.2, 0) is 0 Å². The number of allylic oxidation sites excluding steroid dienone is 1. The number of carbonyl (C=O) groups excluding carboxylic acids is 1. The van der Waals surface area contributed by atoms with E-state index >= 15 is 0 Å². The zero-order valence-corrected chi connectivity index (χ0v) is 10.6. The molecule has 1 N–H and O–H groups in total. The molecule has 1 aliphatic heterocycles. The molecule has 0 fully saturated rings. The summed E-state index contributed by atoms with van der Waals surface area (Å²) in [6.07, 6.45) is 1.31. The first kappa shape index (κ1) is 12.9. The molecular weight excluding hydrogens is 274 g/mol. The number of rotatable bonds is 2. The van der Waals surface area contributed by atoms with Gasteiger partial charge in [0.1, 0.15) is 17.1 Å². The van der Waals surface area contributed by atoms with Crippen LogP contribution in [0.25, 0.3) is 6.08 Å². The number of ketones is 1. The molecule has 0 bridgehead atoms. The van der Waals surface area contributed by atoms with E-state index in [-0.39, 0.29) is 34.1 Å². The molecule has 104 valence electrons. The molecule has 3 rings (SSSR count). The standard InChI is InChI=1S/C15H9NO5/c17-11-6-3-7-12-14(11)15(18)13(21-12)8-9-4-1-2-5-10(9)16(19)20/h1-8,17H/b13-8+. The molecule has 0 atom stereocenters. The minimum Gasteiger partial charge on any atom is -0.507 e. The minimum atomic E-state index is -0.531. The maximum absolute atomic E-state index is 12.2. The van der Waals surface area contributed by atoms with Crippen LogP contribution in [0.3, 0.4) is 0 Å². The molecule has 0 saturated heterocycles. The molecule has 0 radical (unpaired) electrons. The summed E-state index contributed by atoms with van der Waals surface area (Å²) in [4.78, 5) is 22.6. The highest BCUT2D eigenvalue weighted by Gasteiger charge is 2.30. The number of hydrogen-bond donors (Lipinski definition) is 1. The lowest BCUT2D eigenvalue weighted by atomic mass is 10.1. The number of nitro benzene ring substituents is 1. The molecular formula is C15H9NO5. The molecule has 1 heterocycles. The normalized spacial score (nSPS) is 14.9. The van der Waals surface area contributed by atoms with E-state index in [1.807, 2.05) is 0 Å². The van der Waals surface area contributed by atoms with E-state index in [4.69, 9.17) is 4.74 Å². The van der Waals surface area contributed by atoms with Crippen molar-refractivity contribution in [2.45, 2.75) is 0 Å². The highest BCUT2D eigenvalue weighted by atomic mass is 16.6. The molecule has 0 aromatic heterocycles. The van der Waals surface area contributed by atoms with Gasteiger partial charge < -0.3 is 9.84 Å². The van der Waals surface area contributed by atoms with Crippen LogP contribution in [0, 0.1) is 10.1 Å². The number of hydrogen-bond acceptors (Lipinski definition) is 5. The third kappa shape index (κ3) is 2.12. The Bertz CT molecular complexity index is 794. The van der Waals surface area contributed by atoms with E-state index < -0.39 is 10.7 Å². The van der Waals surface area contributed by atoms with Crippen LogP contribution < -0.4 is 4.74 Å². The Morgan fingerprint density at radius 3 is 2.62 bits per heavy atom. The number of benzene rings is 2. The van der Waals surface area contributed by atoms with Gasteiger partial charge in [0.2, 0.25) is 5.78 Å². The van der Waals surface area contributed by atoms with Crippen molar-refractivity contribution in [1.29, 1.82) is 0 Å². The summed E-state index contributed by atoms with van der Waals surface area (Å²) in [6.45, 7) is 0. The Kier molecular flexibility index (Phi) is 2.91. The summed E-state index contributed by atoms with van der Waals surface area (Å²) in [5.41, 5.74) is 0.210. The van der Waals surface area contributed by atoms with Crippen molar-refractivity contribution in [3.05, 3.63) is 69.5 Å². The average molecular weight is 283 g/mol. The highest BCUT2D eigenvalue weighted by Crippen LogP contribution is 2.37. The predicted octanol–water partition coefficient (Wildman–Crippen LogP) is 2.92. The van der Waals surface area contributed by atoms with Crippen molar-refractivity contribution < 1.29 is 19.6 Å². The number of phenolic OH excluding ortho intramolecular Hbond substituents is 1. The SMILES string of the molecule is O=C1/C(=C\c2ccccc2[N+](=O)[O-])Oc2cccc(O)c21. The van der Waals surface area contributed by atoms with E-state index in [0.29, 0.717) is 0 Å². The number of nitrogens with zero attached hydrogens (tertiary/aromatic N) is 1. The van der Waals surface area contributed by atoms with Gasteiger partial charge in [-0.3, -0.25) is 14.9 Å². The fraction of sp³-hybridized carbons (Fsp3) is 0. The topological polar surface area (TPSA) is 89.7 Å². The van der Waals surface area contributed by atoms with Crippen molar-refractivity contribution in [3.63, 3.8) is 0 Å². The van der Waals surface area contributed by atoms with Gasteiger partial charge in [0.05, 0.1) is 10.5 Å². The third-order valence-corrected chi connectivity index (χ3v) is 3.10. The number of aromatic hydroxyl groups is 1. The van der Waals surface area contributed by atoms with Gasteiger partial charge in [-0.05, 0) is 24.3 Å². The maximum Gasteiger partial charge on any atom is 0.276 e. The van der Waals surface area contributed by atoms with Crippen LogP contribution in [-0.4, -0.2) is 15.8 Å². The fourth-order valence-electron chi connectivity index (χ4n) is 2.13. The maximum atomic E-state index is 12.2. The van der Waals surface area contributed by atoms with Crippen LogP contribution in [0.2, 0.25) is 0 Å². The van der Waals surface area contributed by atoms with Crippen LogP contribution in [0.15, 0.2) is 48.2 Å². The summed E-state index contributed by atoms with van der Waals surface area (Å²) in [5.74, 6) is -0.490. The number of ether oxygens (including phenoxy) is 1. The zero-order chi connectivity index (χ0) is 15.0. The zero-order valence-electron chi connectivity index (χ0n) is 10.6. The molecule has 0 spiro atoms. The van der Waals surface area contributed by atoms with E-state index in [9.17, 15) is 20.0 Å². The van der Waals surface area contributed by atoms with E-state index in [2.05, 4.69) is 0 Å². The predicted molar refractivity (Wildman–Crippen MR) is 74.1 cm³/mol. The third-order valence-electron chi connectivity index (χ3n) is 3.10. The number of nitro groups is 1. The van der Waals surface area contributed by atoms with Gasteiger partial charge in [-0.15, -0.1) is 0 Å². The van der Waals surface area contributed by atoms with Gasteiger partial charge in [-0.1, -0.05) is 18.2 Å². The molecule has 21 heavy (non-hydrogen) atoms. The second-order valence-corrected chi connectivity index (χ2v) is 4.41. The Balaban J connectivity index is 2.07. The van der Waals surface area contributed by atoms with Gasteiger partial charge in [0.25, 0.3) is 5.69 Å². The van der Waals surface area contributed by atoms with Crippen molar-refractivity contribution >= 4 is 17.5 Å². The number of fused-ring (bicyclic) bond motifs is 1. The number of para-hydroxylation sites is 1.